The lowest BCUT2D eigenvalue weighted by Gasteiger charge is -2.30. The summed E-state index contributed by atoms with van der Waals surface area (Å²) in [6, 6.07) is 0. The van der Waals surface area contributed by atoms with Crippen LogP contribution in [0.4, 0.5) is 4.79 Å². The zero-order valence-corrected chi connectivity index (χ0v) is 13.7. The fraction of sp³-hybridized carbons (Fsp3) is 0.875. The first-order valence-corrected chi connectivity index (χ1v) is 7.89. The van der Waals surface area contributed by atoms with Crippen LogP contribution in [0.1, 0.15) is 66.2 Å². The van der Waals surface area contributed by atoms with Gasteiger partial charge in [-0.3, -0.25) is 4.79 Å². The van der Waals surface area contributed by atoms with Gasteiger partial charge in [0.25, 0.3) is 0 Å². The molecule has 5 heteroatoms. The van der Waals surface area contributed by atoms with Crippen LogP contribution in [0.2, 0.25) is 0 Å². The first-order valence-electron chi connectivity index (χ1n) is 7.89. The molecule has 1 aliphatic carbocycles. The molecule has 0 aliphatic heterocycles. The Labute approximate surface area is 127 Å². The summed E-state index contributed by atoms with van der Waals surface area (Å²) in [6.45, 7) is 7.56. The van der Waals surface area contributed by atoms with E-state index in [0.717, 1.165) is 25.7 Å². The van der Waals surface area contributed by atoms with Crippen LogP contribution >= 0.6 is 0 Å². The molecular weight excluding hydrogens is 270 g/mol. The number of aliphatic carboxylic acids is 1. The van der Waals surface area contributed by atoms with Crippen molar-refractivity contribution in [3.05, 3.63) is 0 Å². The Morgan fingerprint density at radius 1 is 1.29 bits per heavy atom. The minimum absolute atomic E-state index is 0.147. The molecule has 1 aliphatic rings. The molecular formula is C16H29NO4. The monoisotopic (exact) mass is 299 g/mol. The van der Waals surface area contributed by atoms with Gasteiger partial charge < -0.3 is 15.2 Å². The molecule has 5 nitrogen and oxygen atoms in total. The third-order valence-electron chi connectivity index (χ3n) is 3.81. The molecule has 2 N–H and O–H groups in total. The largest absolute Gasteiger partial charge is 0.481 e. The van der Waals surface area contributed by atoms with Crippen molar-refractivity contribution >= 4 is 12.1 Å². The van der Waals surface area contributed by atoms with E-state index >= 15 is 0 Å². The second-order valence-corrected chi connectivity index (χ2v) is 7.19. The van der Waals surface area contributed by atoms with Crippen LogP contribution in [0.25, 0.3) is 0 Å². The third kappa shape index (κ3) is 6.36. The molecule has 1 fully saturated rings. The second kappa shape index (κ2) is 7.14. The van der Waals surface area contributed by atoms with E-state index in [1.54, 1.807) is 20.8 Å². The Morgan fingerprint density at radius 2 is 1.90 bits per heavy atom. The highest BCUT2D eigenvalue weighted by atomic mass is 16.6. The maximum atomic E-state index is 11.8. The van der Waals surface area contributed by atoms with Crippen LogP contribution in [-0.2, 0) is 9.53 Å². The number of carboxylic acid groups (broad SMARTS) is 1. The number of carbonyl (C=O) groups excluding carboxylic acids is 1. The summed E-state index contributed by atoms with van der Waals surface area (Å²) in [6.07, 6.45) is 4.73. The van der Waals surface area contributed by atoms with Crippen molar-refractivity contribution in [2.45, 2.75) is 71.8 Å². The fourth-order valence-electron chi connectivity index (χ4n) is 2.48. The quantitative estimate of drug-likeness (QED) is 0.718. The number of hydrogen-bond donors (Lipinski definition) is 2. The van der Waals surface area contributed by atoms with Crippen LogP contribution in [0.3, 0.4) is 0 Å². The predicted molar refractivity (Wildman–Crippen MR) is 81.2 cm³/mol. The predicted octanol–water partition coefficient (Wildman–Crippen LogP) is 3.57. The van der Waals surface area contributed by atoms with Gasteiger partial charge in [0, 0.05) is 6.54 Å². The molecule has 1 atom stereocenters. The highest BCUT2D eigenvalue weighted by Crippen LogP contribution is 2.43. The normalized spacial score (nSPS) is 17.9. The molecule has 1 rings (SSSR count). The van der Waals surface area contributed by atoms with Gasteiger partial charge in [-0.1, -0.05) is 32.6 Å². The molecule has 0 aromatic rings. The smallest absolute Gasteiger partial charge is 0.407 e. The molecule has 0 heterocycles. The van der Waals surface area contributed by atoms with E-state index in [0.29, 0.717) is 18.8 Å². The molecule has 0 radical (unpaired) electrons. The first-order chi connectivity index (χ1) is 9.68. The van der Waals surface area contributed by atoms with Crippen molar-refractivity contribution in [2.24, 2.45) is 11.3 Å². The van der Waals surface area contributed by atoms with E-state index in [1.165, 1.54) is 0 Å². The molecule has 122 valence electrons. The van der Waals surface area contributed by atoms with Crippen LogP contribution in [-0.4, -0.2) is 29.3 Å². The summed E-state index contributed by atoms with van der Waals surface area (Å²) < 4.78 is 5.19. The zero-order chi connectivity index (χ0) is 16.1. The van der Waals surface area contributed by atoms with Gasteiger partial charge >= 0.3 is 12.1 Å². The highest BCUT2D eigenvalue weighted by Gasteiger charge is 2.43. The van der Waals surface area contributed by atoms with Gasteiger partial charge in [-0.05, 0) is 39.5 Å². The lowest BCUT2D eigenvalue weighted by atomic mass is 9.78. The van der Waals surface area contributed by atoms with Crippen molar-refractivity contribution in [2.75, 3.05) is 6.54 Å². The van der Waals surface area contributed by atoms with Crippen LogP contribution in [0.5, 0.6) is 0 Å². The number of nitrogens with one attached hydrogen (secondary N) is 1. The van der Waals surface area contributed by atoms with E-state index < -0.39 is 23.1 Å². The van der Waals surface area contributed by atoms with E-state index in [4.69, 9.17) is 4.74 Å². The van der Waals surface area contributed by atoms with Gasteiger partial charge in [0.05, 0.1) is 5.41 Å². The molecule has 1 amide bonds. The molecule has 0 aromatic heterocycles. The molecule has 1 unspecified atom stereocenters. The topological polar surface area (TPSA) is 75.6 Å². The van der Waals surface area contributed by atoms with Crippen molar-refractivity contribution in [3.8, 4) is 0 Å². The zero-order valence-electron chi connectivity index (χ0n) is 13.7. The van der Waals surface area contributed by atoms with Gasteiger partial charge in [-0.15, -0.1) is 0 Å². The number of unbranched alkanes of at least 4 members (excludes halogenated alkanes) is 1. The van der Waals surface area contributed by atoms with E-state index in [-0.39, 0.29) is 6.54 Å². The minimum Gasteiger partial charge on any atom is -0.481 e. The third-order valence-corrected chi connectivity index (χ3v) is 3.81. The minimum atomic E-state index is -0.853. The van der Waals surface area contributed by atoms with Crippen LogP contribution < -0.4 is 5.32 Å². The highest BCUT2D eigenvalue weighted by molar-refractivity contribution is 5.76. The summed E-state index contributed by atoms with van der Waals surface area (Å²) in [5, 5.41) is 12.3. The van der Waals surface area contributed by atoms with Gasteiger partial charge in [-0.25, -0.2) is 4.79 Å². The molecule has 0 saturated heterocycles. The molecule has 0 bridgehead atoms. The number of amides is 1. The summed E-state index contributed by atoms with van der Waals surface area (Å²) in [5.74, 6) is -0.308. The summed E-state index contributed by atoms with van der Waals surface area (Å²) in [4.78, 5) is 23.6. The molecule has 21 heavy (non-hydrogen) atoms. The second-order valence-electron chi connectivity index (χ2n) is 7.19. The van der Waals surface area contributed by atoms with Gasteiger partial charge in [0.1, 0.15) is 5.60 Å². The number of carbonyl (C=O) groups is 2. The number of ether oxygens (including phenoxy) is 1. The Balaban J connectivity index is 2.66. The maximum absolute atomic E-state index is 11.8. The molecule has 0 spiro atoms. The van der Waals surface area contributed by atoms with Crippen molar-refractivity contribution in [1.29, 1.82) is 0 Å². The van der Waals surface area contributed by atoms with Gasteiger partial charge in [0.15, 0.2) is 0 Å². The van der Waals surface area contributed by atoms with Crippen molar-refractivity contribution in [1.82, 2.24) is 5.32 Å². The van der Waals surface area contributed by atoms with E-state index in [9.17, 15) is 14.7 Å². The fourth-order valence-corrected chi connectivity index (χ4v) is 2.48. The average molecular weight is 299 g/mol. The number of alkyl carbamates (subject to hydrolysis) is 1. The lowest BCUT2D eigenvalue weighted by Crippen LogP contribution is -2.45. The Hall–Kier alpha value is -1.26. The Kier molecular flexibility index (Phi) is 6.05. The molecule has 1 saturated carbocycles. The number of carboxylic acids is 1. The Morgan fingerprint density at radius 3 is 2.33 bits per heavy atom. The van der Waals surface area contributed by atoms with Crippen molar-refractivity contribution < 1.29 is 19.4 Å². The average Bonchev–Trinajstić information content (AvgIpc) is 3.14. The number of rotatable bonds is 8. The van der Waals surface area contributed by atoms with E-state index in [1.807, 2.05) is 6.92 Å². The van der Waals surface area contributed by atoms with Gasteiger partial charge in [0.2, 0.25) is 0 Å². The summed E-state index contributed by atoms with van der Waals surface area (Å²) >= 11 is 0. The standard InChI is InChI=1S/C16H29NO4/c1-5-6-9-16(13(18)19,10-12-7-8-12)11-17-14(20)21-15(2,3)4/h12H,5-11H2,1-4H3,(H,17,20)(H,18,19). The Bertz CT molecular complexity index is 371. The summed E-state index contributed by atoms with van der Waals surface area (Å²) in [7, 11) is 0. The van der Waals surface area contributed by atoms with Crippen molar-refractivity contribution in [3.63, 3.8) is 0 Å². The SMILES string of the molecule is CCCCC(CNC(=O)OC(C)(C)C)(CC1CC1)C(=O)O. The molecule has 0 aromatic carbocycles. The lowest BCUT2D eigenvalue weighted by molar-refractivity contribution is -0.150. The maximum Gasteiger partial charge on any atom is 0.407 e. The first kappa shape index (κ1) is 17.8. The van der Waals surface area contributed by atoms with E-state index in [2.05, 4.69) is 5.32 Å². The van der Waals surface area contributed by atoms with Crippen LogP contribution in [0, 0.1) is 11.3 Å². The van der Waals surface area contributed by atoms with Crippen LogP contribution in [0.15, 0.2) is 0 Å². The summed E-state index contributed by atoms with van der Waals surface area (Å²) in [5.41, 5.74) is -1.43. The van der Waals surface area contributed by atoms with Gasteiger partial charge in [-0.2, -0.15) is 0 Å². The number of hydrogen-bond acceptors (Lipinski definition) is 3.